The Morgan fingerprint density at radius 1 is 1.37 bits per heavy atom. The highest BCUT2D eigenvalue weighted by molar-refractivity contribution is 6.42. The molecule has 0 fully saturated rings. The minimum absolute atomic E-state index is 0.130. The quantitative estimate of drug-likeness (QED) is 0.944. The van der Waals surface area contributed by atoms with Crippen LogP contribution in [0.3, 0.4) is 0 Å². The van der Waals surface area contributed by atoms with Crippen molar-refractivity contribution in [3.8, 4) is 0 Å². The lowest BCUT2D eigenvalue weighted by atomic mass is 10.2. The summed E-state index contributed by atoms with van der Waals surface area (Å²) in [7, 11) is 1.84. The first-order chi connectivity index (χ1) is 9.04. The lowest BCUT2D eigenvalue weighted by Gasteiger charge is -2.04. The second-order valence-corrected chi connectivity index (χ2v) is 4.87. The normalized spacial score (nSPS) is 10.5. The molecule has 0 aromatic carbocycles. The summed E-state index contributed by atoms with van der Waals surface area (Å²) in [5.41, 5.74) is 1.01. The zero-order chi connectivity index (χ0) is 13.8. The van der Waals surface area contributed by atoms with Crippen LogP contribution in [0.25, 0.3) is 0 Å². The summed E-state index contributed by atoms with van der Waals surface area (Å²) in [5.74, 6) is 0.264. The number of aryl methyl sites for hydroxylation is 2. The van der Waals surface area contributed by atoms with Crippen molar-refractivity contribution >= 4 is 34.9 Å². The van der Waals surface area contributed by atoms with E-state index in [1.54, 1.807) is 10.9 Å². The number of carbonyl (C=O) groups is 1. The van der Waals surface area contributed by atoms with Crippen molar-refractivity contribution in [1.82, 2.24) is 14.8 Å². The molecule has 0 aliphatic carbocycles. The van der Waals surface area contributed by atoms with Crippen molar-refractivity contribution in [2.45, 2.75) is 12.8 Å². The fourth-order valence-corrected chi connectivity index (χ4v) is 1.80. The van der Waals surface area contributed by atoms with Crippen LogP contribution in [0.4, 0.5) is 5.82 Å². The Balaban J connectivity index is 1.88. The van der Waals surface area contributed by atoms with Crippen LogP contribution in [0.5, 0.6) is 0 Å². The third-order valence-corrected chi connectivity index (χ3v) is 3.19. The third-order valence-electron chi connectivity index (χ3n) is 2.48. The van der Waals surface area contributed by atoms with E-state index in [1.165, 1.54) is 12.3 Å². The van der Waals surface area contributed by atoms with Gasteiger partial charge in [0.25, 0.3) is 0 Å². The Kier molecular flexibility index (Phi) is 4.39. The van der Waals surface area contributed by atoms with Crippen LogP contribution in [-0.2, 0) is 18.3 Å². The van der Waals surface area contributed by atoms with Gasteiger partial charge in [-0.3, -0.25) is 9.48 Å². The Bertz CT molecular complexity index is 597. The number of hydrogen-bond acceptors (Lipinski definition) is 3. The molecule has 19 heavy (non-hydrogen) atoms. The minimum Gasteiger partial charge on any atom is -0.311 e. The summed E-state index contributed by atoms with van der Waals surface area (Å²) in [6, 6.07) is 1.52. The molecule has 0 unspecified atom stereocenters. The smallest absolute Gasteiger partial charge is 0.225 e. The lowest BCUT2D eigenvalue weighted by molar-refractivity contribution is -0.116. The van der Waals surface area contributed by atoms with Gasteiger partial charge in [0.15, 0.2) is 0 Å². The molecule has 2 rings (SSSR count). The first-order valence-corrected chi connectivity index (χ1v) is 6.38. The molecule has 1 amide bonds. The standard InChI is InChI=1S/C12H12Cl2N4O/c1-18-7-8(5-16-18)2-3-12(19)17-11-4-9(13)10(14)6-15-11/h4-7H,2-3H2,1H3,(H,15,17,19). The molecule has 1 N–H and O–H groups in total. The lowest BCUT2D eigenvalue weighted by Crippen LogP contribution is -2.13. The van der Waals surface area contributed by atoms with Crippen LogP contribution in [-0.4, -0.2) is 20.7 Å². The van der Waals surface area contributed by atoms with Gasteiger partial charge in [-0.15, -0.1) is 0 Å². The maximum absolute atomic E-state index is 11.7. The average Bonchev–Trinajstić information content (AvgIpc) is 2.77. The van der Waals surface area contributed by atoms with Gasteiger partial charge in [-0.05, 0) is 12.0 Å². The summed E-state index contributed by atoms with van der Waals surface area (Å²) < 4.78 is 1.70. The number of anilines is 1. The number of carbonyl (C=O) groups excluding carboxylic acids is 1. The summed E-state index contributed by atoms with van der Waals surface area (Å²) in [6.07, 6.45) is 6.00. The molecule has 0 radical (unpaired) electrons. The molecule has 7 heteroatoms. The van der Waals surface area contributed by atoms with E-state index < -0.39 is 0 Å². The van der Waals surface area contributed by atoms with Gasteiger partial charge >= 0.3 is 0 Å². The van der Waals surface area contributed by atoms with E-state index in [4.69, 9.17) is 23.2 Å². The van der Waals surface area contributed by atoms with E-state index in [2.05, 4.69) is 15.4 Å². The SMILES string of the molecule is Cn1cc(CCC(=O)Nc2cc(Cl)c(Cl)cn2)cn1. The molecule has 0 aliphatic rings. The average molecular weight is 299 g/mol. The molecule has 2 aromatic heterocycles. The summed E-state index contributed by atoms with van der Waals surface area (Å²) in [4.78, 5) is 15.7. The molecule has 0 bridgehead atoms. The maximum atomic E-state index is 11.7. The fourth-order valence-electron chi connectivity index (χ4n) is 1.55. The van der Waals surface area contributed by atoms with Crippen molar-refractivity contribution in [3.05, 3.63) is 40.3 Å². The van der Waals surface area contributed by atoms with Gasteiger partial charge in [0.1, 0.15) is 5.82 Å². The Morgan fingerprint density at radius 3 is 2.79 bits per heavy atom. The number of pyridine rings is 1. The first-order valence-electron chi connectivity index (χ1n) is 5.63. The predicted octanol–water partition coefficient (Wildman–Crippen LogP) is 2.69. The van der Waals surface area contributed by atoms with Gasteiger partial charge in [0.2, 0.25) is 5.91 Å². The van der Waals surface area contributed by atoms with Crippen LogP contribution in [0.1, 0.15) is 12.0 Å². The van der Waals surface area contributed by atoms with Crippen LogP contribution < -0.4 is 5.32 Å². The molecule has 2 aromatic rings. The number of aromatic nitrogens is 3. The second kappa shape index (κ2) is 6.04. The fraction of sp³-hybridized carbons (Fsp3) is 0.250. The molecular formula is C12H12Cl2N4O. The highest BCUT2D eigenvalue weighted by Crippen LogP contribution is 2.22. The molecule has 0 saturated carbocycles. The molecule has 100 valence electrons. The van der Waals surface area contributed by atoms with Crippen molar-refractivity contribution in [2.75, 3.05) is 5.32 Å². The van der Waals surface area contributed by atoms with Crippen LogP contribution >= 0.6 is 23.2 Å². The largest absolute Gasteiger partial charge is 0.311 e. The van der Waals surface area contributed by atoms with Gasteiger partial charge in [-0.25, -0.2) is 4.98 Å². The summed E-state index contributed by atoms with van der Waals surface area (Å²) in [6.45, 7) is 0. The number of nitrogens with zero attached hydrogens (tertiary/aromatic N) is 3. The number of amides is 1. The summed E-state index contributed by atoms with van der Waals surface area (Å²) in [5, 5.41) is 7.42. The molecule has 0 atom stereocenters. The number of rotatable bonds is 4. The van der Waals surface area contributed by atoms with Gasteiger partial charge in [-0.2, -0.15) is 5.10 Å². The topological polar surface area (TPSA) is 59.8 Å². The van der Waals surface area contributed by atoms with Crippen molar-refractivity contribution in [1.29, 1.82) is 0 Å². The highest BCUT2D eigenvalue weighted by atomic mass is 35.5. The Morgan fingerprint density at radius 2 is 2.16 bits per heavy atom. The number of halogens is 2. The van der Waals surface area contributed by atoms with Gasteiger partial charge in [0.05, 0.1) is 16.2 Å². The number of hydrogen-bond donors (Lipinski definition) is 1. The van der Waals surface area contributed by atoms with Crippen LogP contribution in [0, 0.1) is 0 Å². The molecule has 0 saturated heterocycles. The van der Waals surface area contributed by atoms with E-state index in [9.17, 15) is 4.79 Å². The monoisotopic (exact) mass is 298 g/mol. The highest BCUT2D eigenvalue weighted by Gasteiger charge is 2.07. The van der Waals surface area contributed by atoms with Gasteiger partial charge < -0.3 is 5.32 Å². The van der Waals surface area contributed by atoms with Crippen LogP contribution in [0.2, 0.25) is 10.0 Å². The second-order valence-electron chi connectivity index (χ2n) is 4.05. The first kappa shape index (κ1) is 13.8. The van der Waals surface area contributed by atoms with Crippen molar-refractivity contribution < 1.29 is 4.79 Å². The zero-order valence-electron chi connectivity index (χ0n) is 10.2. The number of nitrogens with one attached hydrogen (secondary N) is 1. The van der Waals surface area contributed by atoms with E-state index in [-0.39, 0.29) is 5.91 Å². The van der Waals surface area contributed by atoms with E-state index >= 15 is 0 Å². The van der Waals surface area contributed by atoms with E-state index in [1.807, 2.05) is 13.2 Å². The molecular weight excluding hydrogens is 287 g/mol. The molecule has 2 heterocycles. The third kappa shape index (κ3) is 3.94. The maximum Gasteiger partial charge on any atom is 0.225 e. The Hall–Kier alpha value is -1.59. The van der Waals surface area contributed by atoms with E-state index in [0.717, 1.165) is 5.56 Å². The van der Waals surface area contributed by atoms with E-state index in [0.29, 0.717) is 28.7 Å². The zero-order valence-corrected chi connectivity index (χ0v) is 11.7. The van der Waals surface area contributed by atoms with Gasteiger partial charge in [-0.1, -0.05) is 23.2 Å². The van der Waals surface area contributed by atoms with Crippen LogP contribution in [0.15, 0.2) is 24.7 Å². The molecule has 5 nitrogen and oxygen atoms in total. The molecule has 0 aliphatic heterocycles. The summed E-state index contributed by atoms with van der Waals surface area (Å²) >= 11 is 11.6. The van der Waals surface area contributed by atoms with Crippen molar-refractivity contribution in [3.63, 3.8) is 0 Å². The minimum atomic E-state index is -0.130. The van der Waals surface area contributed by atoms with Crippen molar-refractivity contribution in [2.24, 2.45) is 7.05 Å². The predicted molar refractivity (Wildman–Crippen MR) is 74.4 cm³/mol. The molecule has 0 spiro atoms. The Labute approximate surface area is 120 Å². The van der Waals surface area contributed by atoms with Gasteiger partial charge in [0, 0.05) is 31.9 Å².